The van der Waals surface area contributed by atoms with E-state index in [1.807, 2.05) is 0 Å². The molecule has 0 heterocycles. The molecule has 0 aliphatic heterocycles. The van der Waals surface area contributed by atoms with Crippen molar-refractivity contribution in [3.05, 3.63) is 0 Å². The Kier molecular flexibility index (Phi) is 296. The zero-order chi connectivity index (χ0) is 6.12. The molecule has 0 aromatic heterocycles. The van der Waals surface area contributed by atoms with Gasteiger partial charge in [-0.15, -0.1) is 0 Å². The van der Waals surface area contributed by atoms with Crippen molar-refractivity contribution >= 4 is 36.8 Å². The van der Waals surface area contributed by atoms with E-state index in [-0.39, 0.29) is 129 Å². The van der Waals surface area contributed by atoms with E-state index in [4.69, 9.17) is 5.11 Å². The monoisotopic (exact) mass is 476 g/mol. The van der Waals surface area contributed by atoms with Gasteiger partial charge in [0.15, 0.2) is 0 Å². The second-order valence-electron chi connectivity index (χ2n) is 0.716. The van der Waals surface area contributed by atoms with Gasteiger partial charge >= 0.3 is 0 Å². The van der Waals surface area contributed by atoms with Gasteiger partial charge in [-0.2, -0.15) is 0 Å². The van der Waals surface area contributed by atoms with Crippen LogP contribution in [0.2, 0.25) is 0 Å². The zero-order valence-electron chi connectivity index (χ0n) is 7.27. The maximum atomic E-state index is 7.94. The minimum atomic E-state index is 0. The molecule has 4 nitrogen and oxygen atoms in total. The summed E-state index contributed by atoms with van der Waals surface area (Å²) < 4.78 is 4.44. The van der Waals surface area contributed by atoms with E-state index in [2.05, 4.69) is 28.1 Å². The fourth-order valence-electron chi connectivity index (χ4n) is 0.0913. The SMILES string of the molecule is COCCO.O.O.[S-][S-].[SH-].[Y].[Y].[Y]. The van der Waals surface area contributed by atoms with Crippen LogP contribution in [0.25, 0.3) is 0 Å². The molecular formula is C3H13O4S3Y3-3. The predicted octanol–water partition coefficient (Wildman–Crippen LogP) is -2.31. The number of methoxy groups -OCH3 is 1. The molecule has 0 atom stereocenters. The third-order valence-electron chi connectivity index (χ3n) is 0.295. The minimum Gasteiger partial charge on any atom is -1.00 e. The van der Waals surface area contributed by atoms with Crippen LogP contribution < -0.4 is 0 Å². The third-order valence-corrected chi connectivity index (χ3v) is 0.295. The summed E-state index contributed by atoms with van der Waals surface area (Å²) >= 11 is 7.33. The molecule has 0 rings (SSSR count). The van der Waals surface area contributed by atoms with Gasteiger partial charge in [0.1, 0.15) is 0 Å². The van der Waals surface area contributed by atoms with Crippen molar-refractivity contribution in [3.63, 3.8) is 0 Å². The van der Waals surface area contributed by atoms with Gasteiger partial charge in [0.2, 0.25) is 0 Å². The van der Waals surface area contributed by atoms with Crippen LogP contribution in [0.3, 0.4) is 0 Å². The smallest absolute Gasteiger partial charge is 0.0693 e. The fraction of sp³-hybridized carbons (Fsp3) is 1.00. The molecule has 0 saturated heterocycles. The molecule has 0 aromatic carbocycles. The summed E-state index contributed by atoms with van der Waals surface area (Å²) in [6.07, 6.45) is 0. The van der Waals surface area contributed by atoms with Crippen molar-refractivity contribution < 1.29 is 119 Å². The van der Waals surface area contributed by atoms with E-state index in [9.17, 15) is 0 Å². The summed E-state index contributed by atoms with van der Waals surface area (Å²) in [7, 11) is 1.55. The standard InChI is InChI=1S/C3H8O2.2H2O.S2.H2S.3Y/c1-5-3-2-4;;;1-2;;;;/h4H,2-3H2,1H3;2*1H2;;1H2;;;/q;;;-2;;;;/p-1. The van der Waals surface area contributed by atoms with Crippen molar-refractivity contribution in [2.45, 2.75) is 0 Å². The molecule has 0 bridgehead atoms. The largest absolute Gasteiger partial charge is 1.00 e. The van der Waals surface area contributed by atoms with E-state index in [1.165, 1.54) is 0 Å². The Morgan fingerprint density at radius 1 is 1.08 bits per heavy atom. The maximum absolute atomic E-state index is 7.94. The average Bonchev–Trinajstić information content (AvgIpc) is 1.75. The van der Waals surface area contributed by atoms with Crippen LogP contribution in [0.4, 0.5) is 0 Å². The molecule has 0 fully saturated rings. The number of aliphatic hydroxyl groups excluding tert-OH is 1. The molecule has 3 radical (unpaired) electrons. The topological polar surface area (TPSA) is 92.5 Å². The number of aliphatic hydroxyl groups is 1. The van der Waals surface area contributed by atoms with Crippen LogP contribution in [0, 0.1) is 0 Å². The number of hydrogen-bond donors (Lipinski definition) is 1. The minimum absolute atomic E-state index is 0. The van der Waals surface area contributed by atoms with Gasteiger partial charge in [-0.25, -0.2) is 0 Å². The molecule has 0 aromatic rings. The van der Waals surface area contributed by atoms with E-state index < -0.39 is 0 Å². The summed E-state index contributed by atoms with van der Waals surface area (Å²) in [5, 5.41) is 7.94. The van der Waals surface area contributed by atoms with Crippen LogP contribution >= 0.6 is 0 Å². The second kappa shape index (κ2) is 72.2. The van der Waals surface area contributed by atoms with E-state index in [1.54, 1.807) is 7.11 Å². The summed E-state index contributed by atoms with van der Waals surface area (Å²) in [5.74, 6) is 0. The van der Waals surface area contributed by atoms with Crippen LogP contribution in [0.5, 0.6) is 0 Å². The first-order valence-corrected chi connectivity index (χ1v) is 3.01. The number of ether oxygens (including phenoxy) is 1. The van der Waals surface area contributed by atoms with Gasteiger partial charge in [-0.05, 0) is 0 Å². The Morgan fingerprint density at radius 3 is 1.31 bits per heavy atom. The van der Waals surface area contributed by atoms with Crippen LogP contribution in [-0.2, 0) is 140 Å². The Hall–Kier alpha value is 4.20. The molecule has 0 aliphatic carbocycles. The molecule has 0 saturated carbocycles. The summed E-state index contributed by atoms with van der Waals surface area (Å²) in [6, 6.07) is 0. The predicted molar refractivity (Wildman–Crippen MR) is 49.7 cm³/mol. The van der Waals surface area contributed by atoms with Crippen molar-refractivity contribution in [1.82, 2.24) is 0 Å². The van der Waals surface area contributed by atoms with E-state index in [0.717, 1.165) is 0 Å². The first-order chi connectivity index (χ1) is 3.41. The fourth-order valence-corrected chi connectivity index (χ4v) is 0.0913. The normalized spacial score (nSPS) is 3.69. The molecule has 0 unspecified atom stereocenters. The molecule has 10 heteroatoms. The van der Waals surface area contributed by atoms with Crippen LogP contribution in [-0.4, -0.2) is 36.4 Å². The first-order valence-electron chi connectivity index (χ1n) is 1.68. The Balaban J connectivity index is -0.00000000492. The molecule has 0 amide bonds. The van der Waals surface area contributed by atoms with Crippen molar-refractivity contribution in [3.8, 4) is 0 Å². The second-order valence-corrected chi connectivity index (χ2v) is 0.716. The molecule has 79 valence electrons. The number of rotatable bonds is 2. The summed E-state index contributed by atoms with van der Waals surface area (Å²) in [6.45, 7) is 0.566. The molecule has 0 spiro atoms. The van der Waals surface area contributed by atoms with Crippen molar-refractivity contribution in [2.75, 3.05) is 20.3 Å². The molecule has 5 N–H and O–H groups in total. The Labute approximate surface area is 172 Å². The van der Waals surface area contributed by atoms with Gasteiger partial charge < -0.3 is 57.6 Å². The maximum Gasteiger partial charge on any atom is 0.0693 e. The molecule has 0 aliphatic rings. The first kappa shape index (κ1) is 53.3. The summed E-state index contributed by atoms with van der Waals surface area (Å²) in [4.78, 5) is 0. The van der Waals surface area contributed by atoms with Gasteiger partial charge in [-0.1, -0.05) is 0 Å². The quantitative estimate of drug-likeness (QED) is 0.275. The van der Waals surface area contributed by atoms with E-state index in [0.29, 0.717) is 6.61 Å². The van der Waals surface area contributed by atoms with Crippen LogP contribution in [0.1, 0.15) is 0 Å². The zero-order valence-corrected chi connectivity index (χ0v) is 18.3. The van der Waals surface area contributed by atoms with Crippen molar-refractivity contribution in [2.24, 2.45) is 0 Å². The number of hydrogen-bond acceptors (Lipinski definition) is 5. The van der Waals surface area contributed by atoms with Gasteiger partial charge in [-0.3, -0.25) is 0 Å². The molecular weight excluding hydrogens is 463 g/mol. The average molecular weight is 476 g/mol. The Morgan fingerprint density at radius 2 is 1.31 bits per heavy atom. The van der Waals surface area contributed by atoms with Gasteiger partial charge in [0.25, 0.3) is 0 Å². The van der Waals surface area contributed by atoms with Crippen LogP contribution in [0.15, 0.2) is 0 Å². The van der Waals surface area contributed by atoms with Gasteiger partial charge in [0.05, 0.1) is 13.2 Å². The summed E-state index contributed by atoms with van der Waals surface area (Å²) in [5.41, 5.74) is 0. The van der Waals surface area contributed by atoms with E-state index >= 15 is 0 Å². The Bertz CT molecular complexity index is 33.4. The van der Waals surface area contributed by atoms with Gasteiger partial charge in [0, 0.05) is 105 Å². The molecule has 13 heavy (non-hydrogen) atoms. The number of thiol groups is 1. The third kappa shape index (κ3) is 85.0. The van der Waals surface area contributed by atoms with Crippen molar-refractivity contribution in [1.29, 1.82) is 0 Å².